The molecule has 1 aromatic carbocycles. The zero-order chi connectivity index (χ0) is 17.9. The fraction of sp³-hybridized carbons (Fsp3) is 0.389. The van der Waals surface area contributed by atoms with Crippen molar-refractivity contribution < 1.29 is 14.7 Å². The second kappa shape index (κ2) is 7.29. The molecule has 128 valence electrons. The minimum atomic E-state index is -0.965. The van der Waals surface area contributed by atoms with Crippen molar-refractivity contribution in [3.8, 4) is 0 Å². The highest BCUT2D eigenvalue weighted by Gasteiger charge is 2.28. The Labute approximate surface area is 141 Å². The van der Waals surface area contributed by atoms with E-state index < -0.39 is 17.9 Å². The Balaban J connectivity index is 2.28. The van der Waals surface area contributed by atoms with Crippen LogP contribution >= 0.6 is 0 Å². The minimum Gasteiger partial charge on any atom is -0.481 e. The van der Waals surface area contributed by atoms with E-state index in [1.165, 1.54) is 0 Å². The van der Waals surface area contributed by atoms with Gasteiger partial charge in [-0.3, -0.25) is 14.3 Å². The topological polar surface area (TPSA) is 84.2 Å². The number of hydrogen-bond acceptors (Lipinski definition) is 3. The molecule has 2 atom stereocenters. The Kier molecular flexibility index (Phi) is 5.39. The largest absolute Gasteiger partial charge is 0.481 e. The third kappa shape index (κ3) is 3.82. The SMILES string of the molecule is CC(C)c1cc(C(=O)NC(c2ccccc2)C(C)C(=O)O)nn1C. The van der Waals surface area contributed by atoms with Crippen LogP contribution in [0.2, 0.25) is 0 Å². The predicted octanol–water partition coefficient (Wildman–Crippen LogP) is 2.74. The highest BCUT2D eigenvalue weighted by molar-refractivity contribution is 5.93. The van der Waals surface area contributed by atoms with E-state index >= 15 is 0 Å². The van der Waals surface area contributed by atoms with Crippen LogP contribution < -0.4 is 5.32 Å². The number of aliphatic carboxylic acids is 1. The summed E-state index contributed by atoms with van der Waals surface area (Å²) in [5, 5.41) is 16.4. The first kappa shape index (κ1) is 17.7. The molecule has 0 aliphatic heterocycles. The molecule has 1 heterocycles. The van der Waals surface area contributed by atoms with Gasteiger partial charge >= 0.3 is 5.97 Å². The molecule has 2 unspecified atom stereocenters. The molecular weight excluding hydrogens is 306 g/mol. The summed E-state index contributed by atoms with van der Waals surface area (Å²) in [7, 11) is 1.79. The van der Waals surface area contributed by atoms with Crippen LogP contribution in [0.3, 0.4) is 0 Å². The summed E-state index contributed by atoms with van der Waals surface area (Å²) in [4.78, 5) is 24.0. The molecular formula is C18H23N3O3. The molecule has 2 rings (SSSR count). The number of nitrogens with one attached hydrogen (secondary N) is 1. The van der Waals surface area contributed by atoms with Crippen molar-refractivity contribution in [2.45, 2.75) is 32.7 Å². The number of aryl methyl sites for hydroxylation is 1. The van der Waals surface area contributed by atoms with E-state index in [0.717, 1.165) is 11.3 Å². The Bertz CT molecular complexity index is 722. The monoisotopic (exact) mass is 329 g/mol. The molecule has 0 saturated heterocycles. The number of hydrogen-bond donors (Lipinski definition) is 2. The van der Waals surface area contributed by atoms with Gasteiger partial charge in [-0.2, -0.15) is 5.10 Å². The Morgan fingerprint density at radius 2 is 1.79 bits per heavy atom. The maximum absolute atomic E-state index is 12.6. The molecule has 0 aliphatic carbocycles. The third-order valence-electron chi connectivity index (χ3n) is 4.07. The molecule has 0 radical (unpaired) electrons. The first-order valence-corrected chi connectivity index (χ1v) is 7.93. The number of rotatable bonds is 6. The normalized spacial score (nSPS) is 13.5. The van der Waals surface area contributed by atoms with Gasteiger partial charge in [0.05, 0.1) is 12.0 Å². The van der Waals surface area contributed by atoms with Crippen molar-refractivity contribution in [1.82, 2.24) is 15.1 Å². The van der Waals surface area contributed by atoms with Gasteiger partial charge < -0.3 is 10.4 Å². The van der Waals surface area contributed by atoms with Gasteiger partial charge in [-0.1, -0.05) is 44.2 Å². The number of benzene rings is 1. The zero-order valence-electron chi connectivity index (χ0n) is 14.4. The van der Waals surface area contributed by atoms with E-state index in [4.69, 9.17) is 0 Å². The van der Waals surface area contributed by atoms with Gasteiger partial charge in [-0.05, 0) is 24.5 Å². The van der Waals surface area contributed by atoms with Gasteiger partial charge in [-0.15, -0.1) is 0 Å². The lowest BCUT2D eigenvalue weighted by Crippen LogP contribution is -2.35. The van der Waals surface area contributed by atoms with Gasteiger partial charge in [0, 0.05) is 12.7 Å². The molecule has 2 N–H and O–H groups in total. The van der Waals surface area contributed by atoms with Crippen LogP contribution in [-0.2, 0) is 11.8 Å². The lowest BCUT2D eigenvalue weighted by Gasteiger charge is -2.22. The van der Waals surface area contributed by atoms with Gasteiger partial charge in [0.1, 0.15) is 5.69 Å². The number of aromatic nitrogens is 2. The van der Waals surface area contributed by atoms with Crippen LogP contribution in [0.15, 0.2) is 36.4 Å². The average Bonchev–Trinajstić information content (AvgIpc) is 2.94. The number of amides is 1. The summed E-state index contributed by atoms with van der Waals surface area (Å²) in [6.45, 7) is 5.63. The first-order chi connectivity index (χ1) is 11.3. The first-order valence-electron chi connectivity index (χ1n) is 7.93. The molecule has 6 heteroatoms. The van der Waals surface area contributed by atoms with E-state index in [-0.39, 0.29) is 11.8 Å². The van der Waals surface area contributed by atoms with E-state index in [2.05, 4.69) is 10.4 Å². The van der Waals surface area contributed by atoms with Crippen molar-refractivity contribution >= 4 is 11.9 Å². The number of carbonyl (C=O) groups excluding carboxylic acids is 1. The van der Waals surface area contributed by atoms with Gasteiger partial charge in [0.15, 0.2) is 0 Å². The molecule has 1 aromatic heterocycles. The number of carboxylic acids is 1. The standard InChI is InChI=1S/C18H23N3O3/c1-11(2)15-10-14(20-21(15)4)17(22)19-16(12(3)18(23)24)13-8-6-5-7-9-13/h5-12,16H,1-4H3,(H,19,22)(H,23,24). The fourth-order valence-electron chi connectivity index (χ4n) is 2.65. The highest BCUT2D eigenvalue weighted by atomic mass is 16.4. The van der Waals surface area contributed by atoms with Crippen molar-refractivity contribution in [3.63, 3.8) is 0 Å². The van der Waals surface area contributed by atoms with E-state index in [1.807, 2.05) is 44.2 Å². The van der Waals surface area contributed by atoms with E-state index in [1.54, 1.807) is 24.7 Å². The molecule has 0 bridgehead atoms. The van der Waals surface area contributed by atoms with E-state index in [9.17, 15) is 14.7 Å². The lowest BCUT2D eigenvalue weighted by molar-refractivity contribution is -0.142. The number of carbonyl (C=O) groups is 2. The van der Waals surface area contributed by atoms with Crippen molar-refractivity contribution in [2.24, 2.45) is 13.0 Å². The molecule has 2 aromatic rings. The molecule has 0 saturated carbocycles. The maximum atomic E-state index is 12.6. The average molecular weight is 329 g/mol. The summed E-state index contributed by atoms with van der Waals surface area (Å²) >= 11 is 0. The Hall–Kier alpha value is -2.63. The second-order valence-corrected chi connectivity index (χ2v) is 6.22. The molecule has 0 fully saturated rings. The maximum Gasteiger partial charge on any atom is 0.308 e. The van der Waals surface area contributed by atoms with Gasteiger partial charge in [0.2, 0.25) is 0 Å². The zero-order valence-corrected chi connectivity index (χ0v) is 14.4. The summed E-state index contributed by atoms with van der Waals surface area (Å²) in [5.74, 6) is -1.86. The summed E-state index contributed by atoms with van der Waals surface area (Å²) in [6.07, 6.45) is 0. The fourth-order valence-corrected chi connectivity index (χ4v) is 2.65. The van der Waals surface area contributed by atoms with Crippen molar-refractivity contribution in [3.05, 3.63) is 53.3 Å². The van der Waals surface area contributed by atoms with Crippen LogP contribution in [0.25, 0.3) is 0 Å². The minimum absolute atomic E-state index is 0.243. The smallest absolute Gasteiger partial charge is 0.308 e. The molecule has 0 aliphatic rings. The lowest BCUT2D eigenvalue weighted by atomic mass is 9.94. The second-order valence-electron chi connectivity index (χ2n) is 6.22. The number of nitrogens with zero attached hydrogens (tertiary/aromatic N) is 2. The summed E-state index contributed by atoms with van der Waals surface area (Å²) < 4.78 is 1.68. The summed E-state index contributed by atoms with van der Waals surface area (Å²) in [6, 6.07) is 10.2. The van der Waals surface area contributed by atoms with Crippen LogP contribution in [0.4, 0.5) is 0 Å². The van der Waals surface area contributed by atoms with E-state index in [0.29, 0.717) is 5.69 Å². The van der Waals surface area contributed by atoms with Crippen LogP contribution in [0.5, 0.6) is 0 Å². The number of carboxylic acid groups (broad SMARTS) is 1. The predicted molar refractivity (Wildman–Crippen MR) is 90.7 cm³/mol. The molecule has 0 spiro atoms. The van der Waals surface area contributed by atoms with Crippen LogP contribution in [0, 0.1) is 5.92 Å². The van der Waals surface area contributed by atoms with Gasteiger partial charge in [-0.25, -0.2) is 0 Å². The highest BCUT2D eigenvalue weighted by Crippen LogP contribution is 2.23. The third-order valence-corrected chi connectivity index (χ3v) is 4.07. The van der Waals surface area contributed by atoms with Gasteiger partial charge in [0.25, 0.3) is 5.91 Å². The Morgan fingerprint density at radius 3 is 2.29 bits per heavy atom. The summed E-state index contributed by atoms with van der Waals surface area (Å²) in [5.41, 5.74) is 1.99. The van der Waals surface area contributed by atoms with Crippen LogP contribution in [0.1, 0.15) is 54.5 Å². The molecule has 6 nitrogen and oxygen atoms in total. The quantitative estimate of drug-likeness (QED) is 0.853. The molecule has 1 amide bonds. The molecule has 24 heavy (non-hydrogen) atoms. The van der Waals surface area contributed by atoms with Crippen molar-refractivity contribution in [1.29, 1.82) is 0 Å². The van der Waals surface area contributed by atoms with Crippen molar-refractivity contribution in [2.75, 3.05) is 0 Å². The Morgan fingerprint density at radius 1 is 1.17 bits per heavy atom. The van der Waals surface area contributed by atoms with Crippen LogP contribution in [-0.4, -0.2) is 26.8 Å².